The zero-order valence-electron chi connectivity index (χ0n) is 20.3. The van der Waals surface area contributed by atoms with E-state index in [1.807, 2.05) is 0 Å². The van der Waals surface area contributed by atoms with Gasteiger partial charge in [0.2, 0.25) is 10.0 Å². The van der Waals surface area contributed by atoms with Gasteiger partial charge in [0.05, 0.1) is 29.7 Å². The van der Waals surface area contributed by atoms with Crippen LogP contribution in [0.15, 0.2) is 65.6 Å². The van der Waals surface area contributed by atoms with Gasteiger partial charge in [0, 0.05) is 12.2 Å². The monoisotopic (exact) mass is 572 g/mol. The number of amides is 1. The third-order valence-electron chi connectivity index (χ3n) is 5.21. The fourth-order valence-electron chi connectivity index (χ4n) is 3.33. The van der Waals surface area contributed by atoms with Crippen LogP contribution in [0.5, 0.6) is 17.2 Å². The number of nitrogens with one attached hydrogen (secondary N) is 2. The van der Waals surface area contributed by atoms with Gasteiger partial charge in [-0.1, -0.05) is 17.7 Å². The smallest absolute Gasteiger partial charge is 0.417 e. The van der Waals surface area contributed by atoms with Crippen molar-refractivity contribution in [1.82, 2.24) is 4.72 Å². The predicted octanol–water partition coefficient (Wildman–Crippen LogP) is 4.91. The van der Waals surface area contributed by atoms with Crippen LogP contribution in [0.2, 0.25) is 5.02 Å². The number of carbonyl (C=O) groups is 1. The van der Waals surface area contributed by atoms with Crippen molar-refractivity contribution in [3.05, 3.63) is 76.8 Å². The Bertz CT molecular complexity index is 1380. The van der Waals surface area contributed by atoms with Crippen molar-refractivity contribution in [2.24, 2.45) is 0 Å². The minimum Gasteiger partial charge on any atom is -0.493 e. The highest BCUT2D eigenvalue weighted by Crippen LogP contribution is 2.36. The number of benzene rings is 3. The molecule has 2 N–H and O–H groups in total. The highest BCUT2D eigenvalue weighted by molar-refractivity contribution is 7.89. The van der Waals surface area contributed by atoms with E-state index in [1.165, 1.54) is 44.6 Å². The van der Waals surface area contributed by atoms with E-state index >= 15 is 0 Å². The first kappa shape index (κ1) is 29.1. The normalized spacial score (nSPS) is 11.6. The average Bonchev–Trinajstić information content (AvgIpc) is 2.88. The Morgan fingerprint density at radius 2 is 1.63 bits per heavy atom. The molecule has 0 saturated heterocycles. The number of halogens is 4. The van der Waals surface area contributed by atoms with Crippen molar-refractivity contribution in [2.75, 3.05) is 32.7 Å². The number of alkyl halides is 3. The summed E-state index contributed by atoms with van der Waals surface area (Å²) in [5, 5.41) is 1.81. The quantitative estimate of drug-likeness (QED) is 0.338. The lowest BCUT2D eigenvalue weighted by molar-refractivity contribution is -0.137. The Morgan fingerprint density at radius 3 is 2.26 bits per heavy atom. The molecule has 0 fully saturated rings. The lowest BCUT2D eigenvalue weighted by atomic mass is 10.1. The van der Waals surface area contributed by atoms with Crippen molar-refractivity contribution in [3.63, 3.8) is 0 Å². The fraction of sp³-hybridized carbons (Fsp3) is 0.240. The summed E-state index contributed by atoms with van der Waals surface area (Å²) in [5.74, 6) is 0.582. The molecule has 0 aromatic heterocycles. The molecule has 3 aromatic carbocycles. The van der Waals surface area contributed by atoms with Crippen molar-refractivity contribution < 1.29 is 40.6 Å². The van der Waals surface area contributed by atoms with E-state index in [2.05, 4.69) is 10.0 Å². The predicted molar refractivity (Wildman–Crippen MR) is 135 cm³/mol. The van der Waals surface area contributed by atoms with Gasteiger partial charge in [-0.3, -0.25) is 4.79 Å². The molecule has 13 heteroatoms. The van der Waals surface area contributed by atoms with Crippen LogP contribution in [0.25, 0.3) is 0 Å². The van der Waals surface area contributed by atoms with E-state index < -0.39 is 39.3 Å². The first-order chi connectivity index (χ1) is 17.9. The second-order valence-corrected chi connectivity index (χ2v) is 10.0. The first-order valence-corrected chi connectivity index (χ1v) is 12.9. The Balaban J connectivity index is 1.52. The summed E-state index contributed by atoms with van der Waals surface area (Å²) in [6.45, 7) is -0.378. The Hall–Kier alpha value is -3.48. The van der Waals surface area contributed by atoms with Gasteiger partial charge in [-0.2, -0.15) is 13.2 Å². The van der Waals surface area contributed by atoms with Crippen LogP contribution in [0.4, 0.5) is 18.9 Å². The minimum atomic E-state index is -4.67. The maximum atomic E-state index is 13.0. The number of rotatable bonds is 11. The summed E-state index contributed by atoms with van der Waals surface area (Å²) in [6, 6.07) is 13.6. The summed E-state index contributed by atoms with van der Waals surface area (Å²) in [5.41, 5.74) is -0.330. The zero-order valence-corrected chi connectivity index (χ0v) is 21.8. The molecular weight excluding hydrogens is 549 g/mol. The van der Waals surface area contributed by atoms with Crippen molar-refractivity contribution in [2.45, 2.75) is 17.5 Å². The maximum absolute atomic E-state index is 13.0. The first-order valence-electron chi connectivity index (χ1n) is 11.0. The van der Waals surface area contributed by atoms with E-state index in [4.69, 9.17) is 25.8 Å². The van der Waals surface area contributed by atoms with Gasteiger partial charge in [-0.15, -0.1) is 0 Å². The lowest BCUT2D eigenvalue weighted by Gasteiger charge is -2.12. The molecule has 0 atom stereocenters. The molecular formula is C25H24ClF3N2O6S. The molecule has 204 valence electrons. The average molecular weight is 573 g/mol. The number of hydrogen-bond donors (Lipinski definition) is 2. The molecule has 8 nitrogen and oxygen atoms in total. The molecule has 1 amide bonds. The largest absolute Gasteiger partial charge is 0.493 e. The van der Waals surface area contributed by atoms with Crippen LogP contribution >= 0.6 is 11.6 Å². The van der Waals surface area contributed by atoms with Gasteiger partial charge in [0.15, 0.2) is 18.1 Å². The second-order valence-electron chi connectivity index (χ2n) is 7.84. The second kappa shape index (κ2) is 12.4. The van der Waals surface area contributed by atoms with E-state index in [1.54, 1.807) is 18.2 Å². The number of methoxy groups -OCH3 is 2. The van der Waals surface area contributed by atoms with E-state index in [0.717, 1.165) is 17.7 Å². The van der Waals surface area contributed by atoms with Gasteiger partial charge in [0.1, 0.15) is 5.75 Å². The standard InChI is InChI=1S/C25H24ClF3N2O6S/c1-35-22-10-3-16(13-23(22)36-2)11-12-30-38(33,34)19-7-5-18(6-8-19)37-15-24(32)31-17-4-9-21(26)20(14-17)25(27,28)29/h3-10,13-14,30H,11-12,15H2,1-2H3,(H,31,32). The third kappa shape index (κ3) is 7.76. The molecule has 0 bridgehead atoms. The van der Waals surface area contributed by atoms with Gasteiger partial charge in [0.25, 0.3) is 5.91 Å². The molecule has 38 heavy (non-hydrogen) atoms. The van der Waals surface area contributed by atoms with Gasteiger partial charge in [-0.05, 0) is 66.6 Å². The summed E-state index contributed by atoms with van der Waals surface area (Å²) < 4.78 is 82.4. The highest BCUT2D eigenvalue weighted by Gasteiger charge is 2.33. The third-order valence-corrected chi connectivity index (χ3v) is 7.02. The van der Waals surface area contributed by atoms with Crippen molar-refractivity contribution in [3.8, 4) is 17.2 Å². The summed E-state index contributed by atoms with van der Waals surface area (Å²) in [6.07, 6.45) is -4.26. The highest BCUT2D eigenvalue weighted by atomic mass is 35.5. The summed E-state index contributed by atoms with van der Waals surface area (Å²) >= 11 is 5.57. The SMILES string of the molecule is COc1ccc(CCNS(=O)(=O)c2ccc(OCC(=O)Nc3ccc(Cl)c(C(F)(F)F)c3)cc2)cc1OC. The number of ether oxygens (including phenoxy) is 3. The molecule has 3 rings (SSSR count). The zero-order chi connectivity index (χ0) is 27.9. The van der Waals surface area contributed by atoms with Crippen LogP contribution in [0.3, 0.4) is 0 Å². The molecule has 3 aromatic rings. The Kier molecular flexibility index (Phi) is 9.47. The Labute approximate surface area is 222 Å². The molecule has 0 aliphatic carbocycles. The number of anilines is 1. The van der Waals surface area contributed by atoms with Crippen LogP contribution < -0.4 is 24.2 Å². The van der Waals surface area contributed by atoms with Gasteiger partial charge >= 0.3 is 6.18 Å². The molecule has 0 saturated carbocycles. The van der Waals surface area contributed by atoms with Crippen LogP contribution in [-0.4, -0.2) is 41.7 Å². The van der Waals surface area contributed by atoms with Crippen molar-refractivity contribution >= 4 is 33.2 Å². The van der Waals surface area contributed by atoms with Gasteiger partial charge < -0.3 is 19.5 Å². The molecule has 0 aliphatic rings. The molecule has 0 heterocycles. The van der Waals surface area contributed by atoms with Crippen LogP contribution in [0.1, 0.15) is 11.1 Å². The lowest BCUT2D eigenvalue weighted by Crippen LogP contribution is -2.26. The van der Waals surface area contributed by atoms with Gasteiger partial charge in [-0.25, -0.2) is 13.1 Å². The number of sulfonamides is 1. The number of carbonyl (C=O) groups excluding carboxylic acids is 1. The Morgan fingerprint density at radius 1 is 0.947 bits per heavy atom. The van der Waals surface area contributed by atoms with E-state index in [9.17, 15) is 26.4 Å². The maximum Gasteiger partial charge on any atom is 0.417 e. The molecule has 0 radical (unpaired) electrons. The molecule has 0 unspecified atom stereocenters. The van der Waals surface area contributed by atoms with E-state index in [-0.39, 0.29) is 22.9 Å². The van der Waals surface area contributed by atoms with E-state index in [0.29, 0.717) is 17.9 Å². The topological polar surface area (TPSA) is 103 Å². The van der Waals surface area contributed by atoms with Crippen LogP contribution in [0, 0.1) is 0 Å². The summed E-state index contributed by atoms with van der Waals surface area (Å²) in [7, 11) is -0.778. The van der Waals surface area contributed by atoms with Crippen LogP contribution in [-0.2, 0) is 27.4 Å². The summed E-state index contributed by atoms with van der Waals surface area (Å²) in [4.78, 5) is 12.1. The molecule has 0 aliphatic heterocycles. The molecule has 0 spiro atoms. The fourth-order valence-corrected chi connectivity index (χ4v) is 4.59. The number of hydrogen-bond acceptors (Lipinski definition) is 6. The minimum absolute atomic E-state index is 0.0116. The van der Waals surface area contributed by atoms with Crippen molar-refractivity contribution in [1.29, 1.82) is 0 Å².